The van der Waals surface area contributed by atoms with Crippen molar-refractivity contribution >= 4 is 52.9 Å². The van der Waals surface area contributed by atoms with Gasteiger partial charge in [-0.25, -0.2) is 0 Å². The Bertz CT molecular complexity index is 2190. The molecule has 2 aliphatic carbocycles. The van der Waals surface area contributed by atoms with Crippen molar-refractivity contribution < 1.29 is 50.1 Å². The van der Waals surface area contributed by atoms with Crippen molar-refractivity contribution in [3.63, 3.8) is 0 Å². The van der Waals surface area contributed by atoms with Gasteiger partial charge in [-0.2, -0.15) is 26.3 Å². The number of nitrogen functional groups attached to an aromatic ring is 1. The minimum absolute atomic E-state index is 0. The van der Waals surface area contributed by atoms with Crippen molar-refractivity contribution in [1.29, 1.82) is 0 Å². The lowest BCUT2D eigenvalue weighted by Gasteiger charge is -2.24. The molecule has 0 bridgehead atoms. The van der Waals surface area contributed by atoms with Crippen LogP contribution in [0.2, 0.25) is 0 Å². The number of nitrogens with one attached hydrogen (secondary N) is 1. The minimum atomic E-state index is -4.97. The summed E-state index contributed by atoms with van der Waals surface area (Å²) in [5, 5.41) is 1.71. The molecular formula is C49H57Cl2F6N5O5. The number of amides is 2. The second-order valence-corrected chi connectivity index (χ2v) is 15.8. The van der Waals surface area contributed by atoms with Gasteiger partial charge in [-0.1, -0.05) is 50.7 Å². The Morgan fingerprint density at radius 2 is 1.04 bits per heavy atom. The second kappa shape index (κ2) is 27.8. The highest BCUT2D eigenvalue weighted by Crippen LogP contribution is 2.34. The van der Waals surface area contributed by atoms with Gasteiger partial charge in [0.05, 0.1) is 45.1 Å². The fourth-order valence-corrected chi connectivity index (χ4v) is 7.40. The maximum atomic E-state index is 13.1. The van der Waals surface area contributed by atoms with Gasteiger partial charge in [-0.3, -0.25) is 24.5 Å². The van der Waals surface area contributed by atoms with E-state index in [0.29, 0.717) is 33.9 Å². The van der Waals surface area contributed by atoms with Crippen LogP contribution in [0, 0.1) is 0 Å². The summed E-state index contributed by atoms with van der Waals surface area (Å²) >= 11 is 5.70. The standard InChI is InChI=1S/C21H23F3N2O2.C12H16ClN.C9H8F3NO2.C7H9NO.ClH/c1-28-19-11-9-18(10-12-19)26(20(27)21(22,23)24)14-17-8-7-16(13-25-17)15-5-3-2-4-6-15;13-8-12-7-6-11(9-14-12)10-4-2-1-3-5-10;1-15-7-4-2-6(3-5-7)13-8(14)9(10,11)12;1-9-7-4-2-6(8)3-5-7;/h7-13,15H,2-6,14H2,1H3;6-7,9-10H,1-5,8H2;2-5H,1H3,(H,13,14);2-5H,8H2,1H3;1H. The van der Waals surface area contributed by atoms with Gasteiger partial charge >= 0.3 is 24.2 Å². The predicted octanol–water partition coefficient (Wildman–Crippen LogP) is 13.0. The molecular weight excluding hydrogens is 923 g/mol. The van der Waals surface area contributed by atoms with E-state index in [1.54, 1.807) is 36.8 Å². The Hall–Kier alpha value is -5.74. The van der Waals surface area contributed by atoms with E-state index in [0.717, 1.165) is 41.5 Å². The molecule has 2 fully saturated rings. The van der Waals surface area contributed by atoms with Gasteiger partial charge in [0.15, 0.2) is 0 Å². The highest BCUT2D eigenvalue weighted by Gasteiger charge is 2.43. The molecule has 67 heavy (non-hydrogen) atoms. The third-order valence-electron chi connectivity index (χ3n) is 10.9. The number of aromatic nitrogens is 2. The number of nitrogens with zero attached hydrogens (tertiary/aromatic N) is 3. The lowest BCUT2D eigenvalue weighted by atomic mass is 9.85. The number of carbonyl (C=O) groups excluding carboxylic acids is 2. The number of carbonyl (C=O) groups is 2. The number of rotatable bonds is 10. The van der Waals surface area contributed by atoms with Crippen LogP contribution < -0.4 is 30.2 Å². The first kappa shape index (κ1) is 55.6. The van der Waals surface area contributed by atoms with Crippen molar-refractivity contribution in [2.75, 3.05) is 37.3 Å². The monoisotopic (exact) mass is 979 g/mol. The van der Waals surface area contributed by atoms with Crippen LogP contribution in [-0.4, -0.2) is 55.5 Å². The van der Waals surface area contributed by atoms with E-state index in [9.17, 15) is 35.9 Å². The van der Waals surface area contributed by atoms with Crippen LogP contribution in [0.1, 0.15) is 98.6 Å². The number of ether oxygens (including phenoxy) is 3. The summed E-state index contributed by atoms with van der Waals surface area (Å²) in [5.74, 6) is -0.346. The van der Waals surface area contributed by atoms with E-state index in [-0.39, 0.29) is 30.3 Å². The molecule has 2 heterocycles. The summed E-state index contributed by atoms with van der Waals surface area (Å²) in [6, 6.07) is 26.6. The molecule has 0 radical (unpaired) electrons. The maximum Gasteiger partial charge on any atom is 0.471 e. The summed E-state index contributed by atoms with van der Waals surface area (Å²) in [6.07, 6.45) is 6.59. The molecule has 2 saturated carbocycles. The SMILES string of the molecule is COc1ccc(N(Cc2ccc(C3CCCCC3)cn2)C(=O)C(F)(F)F)cc1.COc1ccc(N)cc1.COc1ccc(NC(=O)C(F)(F)F)cc1.Cl.ClCc1ccc(C2CCCCC2)cn1. The van der Waals surface area contributed by atoms with Crippen molar-refractivity contribution in [2.45, 2.75) is 101 Å². The number of alkyl halides is 7. The molecule has 0 atom stereocenters. The largest absolute Gasteiger partial charge is 0.497 e. The Morgan fingerprint density at radius 3 is 1.42 bits per heavy atom. The van der Waals surface area contributed by atoms with Gasteiger partial charge in [0.25, 0.3) is 0 Å². The summed E-state index contributed by atoms with van der Waals surface area (Å²) in [5.41, 5.74) is 10.3. The zero-order chi connectivity index (χ0) is 48.1. The van der Waals surface area contributed by atoms with Gasteiger partial charge in [0.2, 0.25) is 0 Å². The topological polar surface area (TPSA) is 129 Å². The maximum absolute atomic E-state index is 13.1. The van der Waals surface area contributed by atoms with Crippen LogP contribution in [0.25, 0.3) is 0 Å². The van der Waals surface area contributed by atoms with Crippen molar-refractivity contribution in [3.05, 3.63) is 132 Å². The summed E-state index contributed by atoms with van der Waals surface area (Å²) in [7, 11) is 4.53. The number of hydrogen-bond acceptors (Lipinski definition) is 8. The molecule has 5 aromatic rings. The normalized spacial score (nSPS) is 13.9. The van der Waals surface area contributed by atoms with Gasteiger partial charge in [0, 0.05) is 29.5 Å². The molecule has 10 nitrogen and oxygen atoms in total. The van der Waals surface area contributed by atoms with Crippen LogP contribution in [0.5, 0.6) is 17.2 Å². The first-order valence-electron chi connectivity index (χ1n) is 21.4. The summed E-state index contributed by atoms with van der Waals surface area (Å²) in [6.45, 7) is -0.254. The van der Waals surface area contributed by atoms with Crippen LogP contribution in [0.3, 0.4) is 0 Å². The van der Waals surface area contributed by atoms with Gasteiger partial charge in [-0.05, 0) is 134 Å². The molecule has 2 aromatic heterocycles. The molecule has 3 aromatic carbocycles. The van der Waals surface area contributed by atoms with E-state index in [4.69, 9.17) is 31.5 Å². The van der Waals surface area contributed by atoms with Crippen LogP contribution >= 0.6 is 24.0 Å². The third kappa shape index (κ3) is 18.8. The van der Waals surface area contributed by atoms with Crippen molar-refractivity contribution in [2.24, 2.45) is 0 Å². The van der Waals surface area contributed by atoms with Crippen LogP contribution in [0.15, 0.2) is 109 Å². The average Bonchev–Trinajstić information content (AvgIpc) is 3.34. The van der Waals surface area contributed by atoms with E-state index in [1.807, 2.05) is 24.4 Å². The third-order valence-corrected chi connectivity index (χ3v) is 11.2. The van der Waals surface area contributed by atoms with E-state index in [1.165, 1.54) is 120 Å². The smallest absolute Gasteiger partial charge is 0.471 e. The molecule has 0 saturated heterocycles. The highest BCUT2D eigenvalue weighted by molar-refractivity contribution is 6.16. The molecule has 7 rings (SSSR count). The van der Waals surface area contributed by atoms with Gasteiger partial charge < -0.3 is 25.3 Å². The molecule has 3 N–H and O–H groups in total. The number of benzene rings is 3. The Labute approximate surface area is 399 Å². The fraction of sp³-hybridized carbons (Fsp3) is 0.388. The van der Waals surface area contributed by atoms with Crippen molar-refractivity contribution in [1.82, 2.24) is 9.97 Å². The Balaban J connectivity index is 0.000000258. The van der Waals surface area contributed by atoms with Gasteiger partial charge in [-0.15, -0.1) is 24.0 Å². The van der Waals surface area contributed by atoms with Gasteiger partial charge in [0.1, 0.15) is 17.2 Å². The molecule has 0 unspecified atom stereocenters. The molecule has 0 spiro atoms. The quantitative estimate of drug-likeness (QED) is 0.0804. The lowest BCUT2D eigenvalue weighted by Crippen LogP contribution is -2.41. The van der Waals surface area contributed by atoms with E-state index >= 15 is 0 Å². The number of pyridine rings is 2. The van der Waals surface area contributed by atoms with Crippen LogP contribution in [-0.2, 0) is 22.0 Å². The molecule has 0 aliphatic heterocycles. The zero-order valence-electron chi connectivity index (χ0n) is 37.5. The molecule has 364 valence electrons. The number of anilines is 3. The molecule has 18 heteroatoms. The van der Waals surface area contributed by atoms with Crippen LogP contribution in [0.4, 0.5) is 43.4 Å². The second-order valence-electron chi connectivity index (χ2n) is 15.5. The van der Waals surface area contributed by atoms with E-state index < -0.39 is 24.2 Å². The Morgan fingerprint density at radius 1 is 0.627 bits per heavy atom. The highest BCUT2D eigenvalue weighted by atomic mass is 35.5. The Kier molecular flexibility index (Phi) is 23.1. The number of hydrogen-bond donors (Lipinski definition) is 2. The first-order chi connectivity index (χ1) is 31.5. The zero-order valence-corrected chi connectivity index (χ0v) is 39.1. The molecule has 2 aliphatic rings. The molecule has 2 amide bonds. The first-order valence-corrected chi connectivity index (χ1v) is 22.0. The minimum Gasteiger partial charge on any atom is -0.497 e. The number of halogens is 8. The summed E-state index contributed by atoms with van der Waals surface area (Å²) in [4.78, 5) is 31.9. The van der Waals surface area contributed by atoms with E-state index in [2.05, 4.69) is 22.1 Å². The van der Waals surface area contributed by atoms with Crippen molar-refractivity contribution in [3.8, 4) is 17.2 Å². The number of methoxy groups -OCH3 is 3. The fourth-order valence-electron chi connectivity index (χ4n) is 7.24. The summed E-state index contributed by atoms with van der Waals surface area (Å²) < 4.78 is 89.6. The predicted molar refractivity (Wildman–Crippen MR) is 252 cm³/mol. The lowest BCUT2D eigenvalue weighted by molar-refractivity contribution is -0.170. The number of nitrogens with two attached hydrogens (primary N) is 1. The average molecular weight is 981 g/mol.